The van der Waals surface area contributed by atoms with E-state index in [9.17, 15) is 14.0 Å². The first-order valence-electron chi connectivity index (χ1n) is 6.83. The predicted molar refractivity (Wildman–Crippen MR) is 87.5 cm³/mol. The second kappa shape index (κ2) is 8.42. The van der Waals surface area contributed by atoms with Crippen molar-refractivity contribution in [1.82, 2.24) is 9.78 Å². The zero-order chi connectivity index (χ0) is 18.4. The molecule has 0 saturated carbocycles. The van der Waals surface area contributed by atoms with Crippen LogP contribution < -0.4 is 5.73 Å². The van der Waals surface area contributed by atoms with Crippen LogP contribution >= 0.6 is 11.6 Å². The van der Waals surface area contributed by atoms with Crippen LogP contribution in [0.15, 0.2) is 24.3 Å². The van der Waals surface area contributed by atoms with Crippen molar-refractivity contribution in [2.24, 2.45) is 5.73 Å². The first kappa shape index (κ1) is 19.6. The average molecular weight is 358 g/mol. The van der Waals surface area contributed by atoms with E-state index in [-0.39, 0.29) is 11.1 Å². The second-order valence-electron chi connectivity index (χ2n) is 5.04. The Bertz CT molecular complexity index is 771. The summed E-state index contributed by atoms with van der Waals surface area (Å²) in [6, 6.07) is 3.00. The van der Waals surface area contributed by atoms with Crippen molar-refractivity contribution in [1.29, 1.82) is 0 Å². The molecule has 0 spiro atoms. The summed E-state index contributed by atoms with van der Waals surface area (Å²) >= 11 is 5.76. The predicted octanol–water partition coefficient (Wildman–Crippen LogP) is 2.20. The number of carboxylic acid groups (broad SMARTS) is 2. The summed E-state index contributed by atoms with van der Waals surface area (Å²) in [4.78, 5) is 19.1. The Balaban J connectivity index is 0.000000307. The van der Waals surface area contributed by atoms with Gasteiger partial charge in [0.05, 0.1) is 22.8 Å². The molecule has 0 amide bonds. The Labute approximate surface area is 142 Å². The Kier molecular flexibility index (Phi) is 6.87. The van der Waals surface area contributed by atoms with Gasteiger partial charge in [-0.25, -0.2) is 14.0 Å². The van der Waals surface area contributed by atoms with Gasteiger partial charge in [0.1, 0.15) is 5.82 Å². The van der Waals surface area contributed by atoms with Crippen molar-refractivity contribution in [2.45, 2.75) is 26.4 Å². The van der Waals surface area contributed by atoms with Crippen molar-refractivity contribution in [3.05, 3.63) is 40.8 Å². The maximum Gasteiger partial charge on any atom is 0.328 e. The Morgan fingerprint density at radius 2 is 1.92 bits per heavy atom. The third-order valence-electron chi connectivity index (χ3n) is 2.81. The lowest BCUT2D eigenvalue weighted by Gasteiger charge is -2.06. The van der Waals surface area contributed by atoms with Crippen LogP contribution in [0.4, 0.5) is 4.39 Å². The van der Waals surface area contributed by atoms with Crippen LogP contribution in [0.1, 0.15) is 12.6 Å². The second-order valence-corrected chi connectivity index (χ2v) is 5.45. The lowest BCUT2D eigenvalue weighted by atomic mass is 10.2. The van der Waals surface area contributed by atoms with Crippen molar-refractivity contribution in [3.8, 4) is 0 Å². The van der Waals surface area contributed by atoms with Gasteiger partial charge in [-0.15, -0.1) is 0 Å². The molecule has 0 fully saturated rings. The van der Waals surface area contributed by atoms with Gasteiger partial charge in [0.25, 0.3) is 0 Å². The molecule has 1 aromatic heterocycles. The van der Waals surface area contributed by atoms with Gasteiger partial charge in [-0.05, 0) is 26.0 Å². The molecule has 1 heterocycles. The summed E-state index contributed by atoms with van der Waals surface area (Å²) < 4.78 is 15.1. The quantitative estimate of drug-likeness (QED) is 0.722. The normalized spacial score (nSPS) is 12.0. The van der Waals surface area contributed by atoms with Gasteiger partial charge >= 0.3 is 11.9 Å². The standard InChI is InChI=1S/C11H13ClFN3.C4H4O4/c1-6(14)5-16-11-4-9(12)10(13)3-8(11)7(2)15-16;5-3(6)1-2-4(7)8/h3-4,6H,5,14H2,1-2H3;1-2H,(H,5,6)(H,7,8)/t6-;/m0./s1. The smallest absolute Gasteiger partial charge is 0.328 e. The molecule has 1 atom stereocenters. The van der Waals surface area contributed by atoms with Crippen LogP contribution in [0.5, 0.6) is 0 Å². The number of benzene rings is 1. The minimum absolute atomic E-state index is 0.00803. The molecule has 2 aromatic rings. The fraction of sp³-hybridized carbons (Fsp3) is 0.267. The summed E-state index contributed by atoms with van der Waals surface area (Å²) in [5, 5.41) is 20.8. The number of carboxylic acids is 2. The largest absolute Gasteiger partial charge is 0.478 e. The van der Waals surface area contributed by atoms with Crippen LogP contribution in [0, 0.1) is 12.7 Å². The van der Waals surface area contributed by atoms with Gasteiger partial charge in [0.2, 0.25) is 0 Å². The molecule has 7 nitrogen and oxygen atoms in total. The number of aryl methyl sites for hydroxylation is 1. The number of rotatable bonds is 4. The van der Waals surface area contributed by atoms with Crippen molar-refractivity contribution in [2.75, 3.05) is 0 Å². The molecule has 0 aliphatic rings. The minimum Gasteiger partial charge on any atom is -0.478 e. The molecule has 0 radical (unpaired) electrons. The lowest BCUT2D eigenvalue weighted by Crippen LogP contribution is -2.22. The fourth-order valence-corrected chi connectivity index (χ4v) is 2.04. The van der Waals surface area contributed by atoms with Gasteiger partial charge in [-0.1, -0.05) is 11.6 Å². The number of nitrogens with zero attached hydrogens (tertiary/aromatic N) is 2. The van der Waals surface area contributed by atoms with E-state index in [2.05, 4.69) is 5.10 Å². The highest BCUT2D eigenvalue weighted by molar-refractivity contribution is 6.31. The summed E-state index contributed by atoms with van der Waals surface area (Å²) in [5.41, 5.74) is 7.33. The van der Waals surface area contributed by atoms with E-state index in [1.807, 2.05) is 13.8 Å². The van der Waals surface area contributed by atoms with Crippen molar-refractivity contribution >= 4 is 34.4 Å². The molecule has 4 N–H and O–H groups in total. The van der Waals surface area contributed by atoms with Crippen molar-refractivity contribution in [3.63, 3.8) is 0 Å². The molecule has 1 aromatic carbocycles. The van der Waals surface area contributed by atoms with E-state index in [4.69, 9.17) is 27.5 Å². The van der Waals surface area contributed by atoms with Crippen LogP contribution in [0.2, 0.25) is 5.02 Å². The van der Waals surface area contributed by atoms with Crippen LogP contribution in [-0.4, -0.2) is 38.0 Å². The molecule has 9 heteroatoms. The van der Waals surface area contributed by atoms with E-state index < -0.39 is 17.8 Å². The number of hydrogen-bond donors (Lipinski definition) is 3. The molecule has 130 valence electrons. The highest BCUT2D eigenvalue weighted by atomic mass is 35.5. The molecular weight excluding hydrogens is 341 g/mol. The third-order valence-corrected chi connectivity index (χ3v) is 3.10. The van der Waals surface area contributed by atoms with Gasteiger partial charge in [0.15, 0.2) is 0 Å². The summed E-state index contributed by atoms with van der Waals surface area (Å²) in [6.45, 7) is 4.33. The number of aromatic nitrogens is 2. The number of hydrogen-bond acceptors (Lipinski definition) is 4. The zero-order valence-corrected chi connectivity index (χ0v) is 13.8. The van der Waals surface area contributed by atoms with Gasteiger partial charge in [0, 0.05) is 23.6 Å². The zero-order valence-electron chi connectivity index (χ0n) is 13.0. The van der Waals surface area contributed by atoms with Crippen LogP contribution in [0.25, 0.3) is 10.9 Å². The fourth-order valence-electron chi connectivity index (χ4n) is 1.88. The number of nitrogens with two attached hydrogens (primary N) is 1. The van der Waals surface area contributed by atoms with E-state index in [1.54, 1.807) is 10.7 Å². The monoisotopic (exact) mass is 357 g/mol. The third kappa shape index (κ3) is 5.64. The molecule has 0 aliphatic heterocycles. The minimum atomic E-state index is -1.26. The molecule has 0 saturated heterocycles. The van der Waals surface area contributed by atoms with Crippen LogP contribution in [-0.2, 0) is 16.1 Å². The number of carbonyl (C=O) groups is 2. The van der Waals surface area contributed by atoms with Gasteiger partial charge < -0.3 is 15.9 Å². The SMILES string of the molecule is Cc1nn(C[C@H](C)N)c2cc(Cl)c(F)cc12.O=C(O)C=CC(=O)O. The molecular formula is C15H17ClFN3O4. The van der Waals surface area contributed by atoms with Crippen molar-refractivity contribution < 1.29 is 24.2 Å². The summed E-state index contributed by atoms with van der Waals surface area (Å²) in [5.74, 6) is -2.93. The van der Waals surface area contributed by atoms with E-state index in [0.29, 0.717) is 18.7 Å². The first-order chi connectivity index (χ1) is 11.1. The molecule has 24 heavy (non-hydrogen) atoms. The van der Waals surface area contributed by atoms with Gasteiger partial charge in [-0.3, -0.25) is 4.68 Å². The summed E-state index contributed by atoms with van der Waals surface area (Å²) in [7, 11) is 0. The maximum atomic E-state index is 13.3. The molecule has 2 rings (SSSR count). The maximum absolute atomic E-state index is 13.3. The topological polar surface area (TPSA) is 118 Å². The number of aliphatic carboxylic acids is 2. The van der Waals surface area contributed by atoms with E-state index in [1.165, 1.54) is 6.07 Å². The Morgan fingerprint density at radius 1 is 1.38 bits per heavy atom. The average Bonchev–Trinajstić information content (AvgIpc) is 2.73. The molecule has 0 unspecified atom stereocenters. The highest BCUT2D eigenvalue weighted by Crippen LogP contribution is 2.25. The summed E-state index contributed by atoms with van der Waals surface area (Å²) in [6.07, 6.45) is 1.12. The lowest BCUT2D eigenvalue weighted by molar-refractivity contribution is -0.134. The highest BCUT2D eigenvalue weighted by Gasteiger charge is 2.11. The van der Waals surface area contributed by atoms with Crippen LogP contribution in [0.3, 0.4) is 0 Å². The van der Waals surface area contributed by atoms with E-state index >= 15 is 0 Å². The Hall–Kier alpha value is -2.45. The molecule has 0 aliphatic carbocycles. The Morgan fingerprint density at radius 3 is 2.38 bits per heavy atom. The van der Waals surface area contributed by atoms with E-state index in [0.717, 1.165) is 16.6 Å². The number of fused-ring (bicyclic) bond motifs is 1. The molecule has 0 bridgehead atoms. The first-order valence-corrected chi connectivity index (χ1v) is 7.21. The van der Waals surface area contributed by atoms with Gasteiger partial charge in [-0.2, -0.15) is 5.10 Å². The number of halogens is 2.